The molecular weight excluding hydrogens is 214 g/mol. The lowest BCUT2D eigenvalue weighted by atomic mass is 10.1. The minimum atomic E-state index is 0.0940. The van der Waals surface area contributed by atoms with Crippen molar-refractivity contribution in [2.24, 2.45) is 12.8 Å². The van der Waals surface area contributed by atoms with Crippen molar-refractivity contribution in [3.05, 3.63) is 54.1 Å². The zero-order chi connectivity index (χ0) is 12.3. The smallest absolute Gasteiger partial charge is 0.243 e. The Hall–Kier alpha value is -1.94. The molecule has 4 nitrogen and oxygen atoms in total. The second-order valence-corrected chi connectivity index (χ2v) is 4.08. The van der Waals surface area contributed by atoms with Gasteiger partial charge in [-0.25, -0.2) is 9.13 Å². The lowest BCUT2D eigenvalue weighted by Crippen LogP contribution is -2.24. The molecule has 4 heteroatoms. The normalized spacial score (nSPS) is 10.5. The van der Waals surface area contributed by atoms with Crippen molar-refractivity contribution >= 4 is 5.78 Å². The van der Waals surface area contributed by atoms with E-state index in [0.29, 0.717) is 18.7 Å². The molecule has 88 valence electrons. The molecule has 0 aliphatic rings. The molecule has 0 saturated heterocycles. The molecule has 0 saturated carbocycles. The minimum Gasteiger partial charge on any atom is -0.326 e. The number of imidazole rings is 1. The Bertz CT molecular complexity index is 531. The van der Waals surface area contributed by atoms with Crippen LogP contribution in [0.15, 0.2) is 43.0 Å². The van der Waals surface area contributed by atoms with Crippen molar-refractivity contribution < 1.29 is 9.36 Å². The van der Waals surface area contributed by atoms with Crippen LogP contribution < -0.4 is 10.3 Å². The van der Waals surface area contributed by atoms with Gasteiger partial charge in [0.2, 0.25) is 12.1 Å². The molecule has 0 unspecified atom stereocenters. The molecule has 0 spiro atoms. The molecule has 1 aromatic heterocycles. The van der Waals surface area contributed by atoms with E-state index in [1.54, 1.807) is 0 Å². The van der Waals surface area contributed by atoms with Crippen LogP contribution in [0.25, 0.3) is 0 Å². The molecule has 0 bridgehead atoms. The van der Waals surface area contributed by atoms with Crippen LogP contribution in [0.1, 0.15) is 15.9 Å². The summed E-state index contributed by atoms with van der Waals surface area (Å²) in [5, 5.41) is 0. The Balaban J connectivity index is 2.14. The van der Waals surface area contributed by atoms with Gasteiger partial charge in [0.1, 0.15) is 12.4 Å². The van der Waals surface area contributed by atoms with Crippen molar-refractivity contribution in [3.8, 4) is 0 Å². The fraction of sp³-hybridized carbons (Fsp3) is 0.231. The van der Waals surface area contributed by atoms with Crippen molar-refractivity contribution in [3.63, 3.8) is 0 Å². The number of aromatic nitrogens is 2. The summed E-state index contributed by atoms with van der Waals surface area (Å²) in [6, 6.07) is 7.47. The van der Waals surface area contributed by atoms with Gasteiger partial charge in [0.15, 0.2) is 6.54 Å². The van der Waals surface area contributed by atoms with E-state index in [2.05, 4.69) is 0 Å². The third-order valence-corrected chi connectivity index (χ3v) is 2.63. The number of rotatable bonds is 4. The van der Waals surface area contributed by atoms with Crippen LogP contribution in [0.2, 0.25) is 0 Å². The molecule has 2 aromatic rings. The minimum absolute atomic E-state index is 0.0940. The Labute approximate surface area is 100 Å². The summed E-state index contributed by atoms with van der Waals surface area (Å²) >= 11 is 0. The molecule has 0 atom stereocenters. The summed E-state index contributed by atoms with van der Waals surface area (Å²) in [7, 11) is 1.93. The van der Waals surface area contributed by atoms with Crippen LogP contribution >= 0.6 is 0 Å². The van der Waals surface area contributed by atoms with Crippen molar-refractivity contribution in [1.29, 1.82) is 0 Å². The monoisotopic (exact) mass is 230 g/mol. The SMILES string of the molecule is C[n+]1ccn(CC(=O)c2cccc(CN)c2)c1. The van der Waals surface area contributed by atoms with Crippen LogP contribution in [-0.2, 0) is 20.1 Å². The van der Waals surface area contributed by atoms with Gasteiger partial charge in [0.25, 0.3) is 0 Å². The van der Waals surface area contributed by atoms with Gasteiger partial charge in [-0.15, -0.1) is 0 Å². The van der Waals surface area contributed by atoms with E-state index < -0.39 is 0 Å². The second kappa shape index (κ2) is 4.93. The fourth-order valence-corrected chi connectivity index (χ4v) is 1.72. The van der Waals surface area contributed by atoms with Gasteiger partial charge in [-0.05, 0) is 11.6 Å². The highest BCUT2D eigenvalue weighted by molar-refractivity contribution is 5.96. The Morgan fingerprint density at radius 3 is 2.94 bits per heavy atom. The molecule has 0 aliphatic carbocycles. The van der Waals surface area contributed by atoms with Crippen molar-refractivity contribution in [2.45, 2.75) is 13.1 Å². The fourth-order valence-electron chi connectivity index (χ4n) is 1.72. The van der Waals surface area contributed by atoms with Crippen LogP contribution in [0.3, 0.4) is 0 Å². The van der Waals surface area contributed by atoms with Gasteiger partial charge in [-0.2, -0.15) is 0 Å². The predicted molar refractivity (Wildman–Crippen MR) is 64.3 cm³/mol. The second-order valence-electron chi connectivity index (χ2n) is 4.08. The third kappa shape index (κ3) is 2.79. The predicted octanol–water partition coefficient (Wildman–Crippen LogP) is 0.654. The topological polar surface area (TPSA) is 51.9 Å². The maximum atomic E-state index is 12.0. The van der Waals surface area contributed by atoms with E-state index >= 15 is 0 Å². The quantitative estimate of drug-likeness (QED) is 0.619. The van der Waals surface area contributed by atoms with Gasteiger partial charge in [-0.3, -0.25) is 4.79 Å². The molecule has 0 radical (unpaired) electrons. The first-order valence-corrected chi connectivity index (χ1v) is 5.52. The summed E-state index contributed by atoms with van der Waals surface area (Å²) in [6.07, 6.45) is 5.67. The van der Waals surface area contributed by atoms with Crippen molar-refractivity contribution in [1.82, 2.24) is 4.57 Å². The number of hydrogen-bond acceptors (Lipinski definition) is 2. The number of aryl methyl sites for hydroxylation is 1. The van der Waals surface area contributed by atoms with E-state index in [4.69, 9.17) is 5.73 Å². The lowest BCUT2D eigenvalue weighted by Gasteiger charge is -2.01. The van der Waals surface area contributed by atoms with E-state index in [1.165, 1.54) is 0 Å². The highest BCUT2D eigenvalue weighted by Crippen LogP contribution is 2.06. The first-order chi connectivity index (χ1) is 8.19. The largest absolute Gasteiger partial charge is 0.326 e. The Morgan fingerprint density at radius 2 is 2.29 bits per heavy atom. The summed E-state index contributed by atoms with van der Waals surface area (Å²) in [5.74, 6) is 0.0940. The lowest BCUT2D eigenvalue weighted by molar-refractivity contribution is -0.671. The highest BCUT2D eigenvalue weighted by atomic mass is 16.1. The number of Topliss-reactive ketones (excluding diaryl/α,β-unsaturated/α-hetero) is 1. The number of benzene rings is 1. The zero-order valence-electron chi connectivity index (χ0n) is 9.84. The van der Waals surface area contributed by atoms with Gasteiger partial charge >= 0.3 is 0 Å². The number of nitrogens with two attached hydrogens (primary N) is 1. The number of carbonyl (C=O) groups is 1. The molecule has 2 rings (SSSR count). The Kier molecular flexibility index (Phi) is 3.35. The molecule has 0 fully saturated rings. The number of hydrogen-bond donors (Lipinski definition) is 1. The first kappa shape index (κ1) is 11.5. The first-order valence-electron chi connectivity index (χ1n) is 5.52. The van der Waals surface area contributed by atoms with E-state index in [9.17, 15) is 4.79 Å². The molecule has 1 aromatic carbocycles. The van der Waals surface area contributed by atoms with Crippen molar-refractivity contribution in [2.75, 3.05) is 0 Å². The molecule has 0 aliphatic heterocycles. The zero-order valence-corrected chi connectivity index (χ0v) is 9.84. The van der Waals surface area contributed by atoms with E-state index in [0.717, 1.165) is 5.56 Å². The summed E-state index contributed by atoms with van der Waals surface area (Å²) in [4.78, 5) is 12.0. The third-order valence-electron chi connectivity index (χ3n) is 2.63. The van der Waals surface area contributed by atoms with Crippen LogP contribution in [-0.4, -0.2) is 10.4 Å². The summed E-state index contributed by atoms with van der Waals surface area (Å²) < 4.78 is 3.76. The van der Waals surface area contributed by atoms with Crippen LogP contribution in [0.5, 0.6) is 0 Å². The standard InChI is InChI=1S/C13H16N3O/c1-15-5-6-16(10-15)9-13(17)12-4-2-3-11(7-12)8-14/h2-7,10H,8-9,14H2,1H3/q+1. The van der Waals surface area contributed by atoms with Crippen LogP contribution in [0.4, 0.5) is 0 Å². The maximum Gasteiger partial charge on any atom is 0.243 e. The maximum absolute atomic E-state index is 12.0. The van der Waals surface area contributed by atoms with Gasteiger partial charge < -0.3 is 5.73 Å². The molecule has 17 heavy (non-hydrogen) atoms. The van der Waals surface area contributed by atoms with E-state index in [1.807, 2.05) is 59.2 Å². The van der Waals surface area contributed by atoms with Crippen LogP contribution in [0, 0.1) is 0 Å². The van der Waals surface area contributed by atoms with Gasteiger partial charge in [0.05, 0.1) is 7.05 Å². The number of nitrogens with zero attached hydrogens (tertiary/aromatic N) is 2. The number of carbonyl (C=O) groups excluding carboxylic acids is 1. The summed E-state index contributed by atoms with van der Waals surface area (Å²) in [6.45, 7) is 0.814. The van der Waals surface area contributed by atoms with Gasteiger partial charge in [0, 0.05) is 12.1 Å². The average Bonchev–Trinajstić information content (AvgIpc) is 2.75. The molecule has 1 heterocycles. The van der Waals surface area contributed by atoms with Gasteiger partial charge in [-0.1, -0.05) is 18.2 Å². The number of ketones is 1. The highest BCUT2D eigenvalue weighted by Gasteiger charge is 2.10. The summed E-state index contributed by atoms with van der Waals surface area (Å²) in [5.41, 5.74) is 7.25. The molecule has 0 amide bonds. The molecule has 2 N–H and O–H groups in total. The van der Waals surface area contributed by atoms with E-state index in [-0.39, 0.29) is 5.78 Å². The average molecular weight is 230 g/mol. The Morgan fingerprint density at radius 1 is 1.47 bits per heavy atom. The molecular formula is C13H16N3O+.